The van der Waals surface area contributed by atoms with Gasteiger partial charge in [0.2, 0.25) is 10.0 Å². The van der Waals surface area contributed by atoms with E-state index in [1.54, 1.807) is 60.7 Å². The summed E-state index contributed by atoms with van der Waals surface area (Å²) in [6.45, 7) is 1.93. The van der Waals surface area contributed by atoms with Crippen LogP contribution in [-0.4, -0.2) is 44.3 Å². The number of ketones is 2. The van der Waals surface area contributed by atoms with Crippen molar-refractivity contribution < 1.29 is 60.5 Å². The van der Waals surface area contributed by atoms with Crippen molar-refractivity contribution in [1.29, 1.82) is 0 Å². The minimum absolute atomic E-state index is 0. The predicted octanol–water partition coefficient (Wildman–Crippen LogP) is 0.825. The Morgan fingerprint density at radius 1 is 0.833 bits per heavy atom. The van der Waals surface area contributed by atoms with Gasteiger partial charge in [-0.3, -0.25) is 9.59 Å². The fourth-order valence-corrected chi connectivity index (χ4v) is 6.47. The summed E-state index contributed by atoms with van der Waals surface area (Å²) >= 11 is 0. The average molecular weight is 614 g/mol. The fraction of sp³-hybridized carbons (Fsp3) is 0.103. The Morgan fingerprint density at radius 2 is 1.38 bits per heavy atom. The molecule has 0 heterocycles. The van der Waals surface area contributed by atoms with Gasteiger partial charge in [-0.25, -0.2) is 16.8 Å². The molecule has 3 N–H and O–H groups in total. The number of hydrogen-bond acceptors (Lipinski definition) is 9. The summed E-state index contributed by atoms with van der Waals surface area (Å²) in [6.07, 6.45) is 0. The van der Waals surface area contributed by atoms with Gasteiger partial charge in [-0.1, -0.05) is 54.1 Å². The third-order valence-electron chi connectivity index (χ3n) is 6.84. The molecule has 10 nitrogen and oxygen atoms in total. The van der Waals surface area contributed by atoms with Crippen molar-refractivity contribution in [3.8, 4) is 0 Å². The maximum absolute atomic E-state index is 13.4. The molecule has 0 aromatic heterocycles. The molecule has 0 saturated carbocycles. The first-order valence-corrected chi connectivity index (χ1v) is 15.1. The molecule has 0 radical (unpaired) electrons. The molecule has 0 aliphatic heterocycles. The average Bonchev–Trinajstić information content (AvgIpc) is 2.93. The third kappa shape index (κ3) is 5.79. The minimum atomic E-state index is -5.10. The number of sulfonamides is 1. The van der Waals surface area contributed by atoms with Crippen molar-refractivity contribution in [2.75, 3.05) is 18.1 Å². The van der Waals surface area contributed by atoms with E-state index >= 15 is 0 Å². The Hall–Kier alpha value is -3.36. The molecule has 4 aromatic carbocycles. The number of anilines is 3. The third-order valence-corrected chi connectivity index (χ3v) is 9.53. The van der Waals surface area contributed by atoms with E-state index in [9.17, 15) is 31.0 Å². The Bertz CT molecular complexity index is 1940. The zero-order chi connectivity index (χ0) is 29.7. The summed E-state index contributed by atoms with van der Waals surface area (Å²) in [6, 6.07) is 20.0. The number of nitrogen functional groups attached to an aromatic ring is 1. The minimum Gasteiger partial charge on any atom is -0.744 e. The van der Waals surface area contributed by atoms with Gasteiger partial charge in [0.15, 0.2) is 11.6 Å². The monoisotopic (exact) mass is 613 g/mol. The first-order chi connectivity index (χ1) is 19.3. The number of carbonyl (C=O) groups is 2. The van der Waals surface area contributed by atoms with Gasteiger partial charge >= 0.3 is 29.6 Å². The topological polar surface area (TPSA) is 167 Å². The number of benzene rings is 4. The van der Waals surface area contributed by atoms with Gasteiger partial charge < -0.3 is 15.6 Å². The molecular weight excluding hydrogens is 589 g/mol. The SMILES string of the molecule is Cc1ccc(S(=O)(=O)N(C)Cc2ccc(Nc3cc(S(=O)(=O)[O-])c(N)c4c3C(=O)c3ccccc3C4=O)cc2)cc1.[Na+]. The number of nitrogens with zero attached hydrogens (tertiary/aromatic N) is 1. The summed E-state index contributed by atoms with van der Waals surface area (Å²) in [5, 5.41) is 2.93. The zero-order valence-corrected chi connectivity index (χ0v) is 26.5. The van der Waals surface area contributed by atoms with Crippen LogP contribution < -0.4 is 40.6 Å². The van der Waals surface area contributed by atoms with Crippen molar-refractivity contribution in [1.82, 2.24) is 4.31 Å². The van der Waals surface area contributed by atoms with Crippen LogP contribution in [0.1, 0.15) is 43.0 Å². The molecule has 0 unspecified atom stereocenters. The number of nitrogens with one attached hydrogen (secondary N) is 1. The number of nitrogens with two attached hydrogens (primary N) is 1. The van der Waals surface area contributed by atoms with E-state index in [1.807, 2.05) is 6.92 Å². The van der Waals surface area contributed by atoms with Crippen LogP contribution in [-0.2, 0) is 26.7 Å². The van der Waals surface area contributed by atoms with Crippen LogP contribution in [0.25, 0.3) is 0 Å². The second-order valence-electron chi connectivity index (χ2n) is 9.64. The normalized spacial score (nSPS) is 12.9. The molecule has 0 atom stereocenters. The second-order valence-corrected chi connectivity index (χ2v) is 13.0. The van der Waals surface area contributed by atoms with Gasteiger partial charge in [0.05, 0.1) is 32.3 Å². The molecule has 0 bridgehead atoms. The molecule has 0 amide bonds. The van der Waals surface area contributed by atoms with Gasteiger partial charge in [0.25, 0.3) is 0 Å². The Kier molecular flexibility index (Phi) is 8.82. The van der Waals surface area contributed by atoms with Gasteiger partial charge in [-0.2, -0.15) is 4.31 Å². The molecule has 1 aliphatic rings. The van der Waals surface area contributed by atoms with Crippen molar-refractivity contribution in [3.05, 3.63) is 112 Å². The number of carbonyl (C=O) groups excluding carboxylic acids is 2. The van der Waals surface area contributed by atoms with Crippen LogP contribution in [0.2, 0.25) is 0 Å². The number of hydrogen-bond donors (Lipinski definition) is 2. The van der Waals surface area contributed by atoms with Crippen LogP contribution in [0.5, 0.6) is 0 Å². The molecule has 4 aromatic rings. The van der Waals surface area contributed by atoms with Crippen LogP contribution in [0.4, 0.5) is 17.1 Å². The number of rotatable bonds is 7. The van der Waals surface area contributed by atoms with E-state index in [2.05, 4.69) is 5.32 Å². The molecule has 210 valence electrons. The second kappa shape index (κ2) is 11.7. The van der Waals surface area contributed by atoms with Crippen molar-refractivity contribution >= 4 is 48.8 Å². The first-order valence-electron chi connectivity index (χ1n) is 12.3. The maximum Gasteiger partial charge on any atom is 1.00 e. The smallest absolute Gasteiger partial charge is 0.744 e. The Balaban J connectivity index is 0.00000405. The molecule has 1 aliphatic carbocycles. The van der Waals surface area contributed by atoms with Crippen molar-refractivity contribution in [2.45, 2.75) is 23.3 Å². The summed E-state index contributed by atoms with van der Waals surface area (Å²) < 4.78 is 63.1. The largest absolute Gasteiger partial charge is 1.00 e. The summed E-state index contributed by atoms with van der Waals surface area (Å²) in [5.41, 5.74) is 6.97. The molecule has 13 heteroatoms. The van der Waals surface area contributed by atoms with E-state index in [0.29, 0.717) is 11.3 Å². The fourth-order valence-electron chi connectivity index (χ4n) is 4.68. The van der Waals surface area contributed by atoms with E-state index in [-0.39, 0.29) is 68.9 Å². The van der Waals surface area contributed by atoms with E-state index < -0.39 is 42.3 Å². The molecule has 0 fully saturated rings. The molecule has 0 spiro atoms. The molecule has 0 saturated heterocycles. The van der Waals surface area contributed by atoms with Gasteiger partial charge in [-0.15, -0.1) is 0 Å². The van der Waals surface area contributed by atoms with E-state index in [0.717, 1.165) is 11.6 Å². The summed E-state index contributed by atoms with van der Waals surface area (Å²) in [5.74, 6) is -1.23. The van der Waals surface area contributed by atoms with Crippen molar-refractivity contribution in [2.24, 2.45) is 0 Å². The molecule has 5 rings (SSSR count). The van der Waals surface area contributed by atoms with Gasteiger partial charge in [-0.05, 0) is 42.8 Å². The first kappa shape index (κ1) is 31.6. The van der Waals surface area contributed by atoms with Crippen LogP contribution in [0.15, 0.2) is 88.7 Å². The van der Waals surface area contributed by atoms with Crippen LogP contribution in [0, 0.1) is 6.92 Å². The summed E-state index contributed by atoms with van der Waals surface area (Å²) in [7, 11) is -7.37. The van der Waals surface area contributed by atoms with Crippen molar-refractivity contribution in [3.63, 3.8) is 0 Å². The van der Waals surface area contributed by atoms with Crippen LogP contribution in [0.3, 0.4) is 0 Å². The number of aryl methyl sites for hydroxylation is 1. The standard InChI is InChI=1S/C29H25N3O7S2.Na/c1-17-7-13-20(14-8-17)40(35,36)32(2)16-18-9-11-19(12-10-18)31-23-15-24(41(37,38)39)27(30)26-25(23)28(33)21-5-3-4-6-22(21)29(26)34;/h3-15,31H,16,30H2,1-2H3,(H,37,38,39);/q;+1/p-1. The quantitative estimate of drug-likeness (QED) is 0.154. The van der Waals surface area contributed by atoms with Gasteiger partial charge in [0.1, 0.15) is 10.1 Å². The van der Waals surface area contributed by atoms with E-state index in [4.69, 9.17) is 5.73 Å². The summed E-state index contributed by atoms with van der Waals surface area (Å²) in [4.78, 5) is 26.1. The molecule has 42 heavy (non-hydrogen) atoms. The Morgan fingerprint density at radius 3 is 1.93 bits per heavy atom. The zero-order valence-electron chi connectivity index (χ0n) is 22.9. The predicted molar refractivity (Wildman–Crippen MR) is 152 cm³/mol. The number of fused-ring (bicyclic) bond motifs is 2. The van der Waals surface area contributed by atoms with E-state index in [1.165, 1.54) is 23.5 Å². The van der Waals surface area contributed by atoms with Gasteiger partial charge in [0, 0.05) is 30.4 Å². The Labute approximate surface area is 265 Å². The van der Waals surface area contributed by atoms with Crippen LogP contribution >= 0.6 is 0 Å². The maximum atomic E-state index is 13.4. The molecular formula is C29H24N3NaO7S2.